The number of para-hydroxylation sites is 2. The molecule has 0 bridgehead atoms. The second-order valence-electron chi connectivity index (χ2n) is 9.90. The maximum Gasteiger partial charge on any atom is 0.247 e. The number of nitrogens with zero attached hydrogens (tertiary/aromatic N) is 1. The molecule has 39 heavy (non-hydrogen) atoms. The number of carbonyl (C=O) groups is 3. The standard InChI is InChI=1S/C31H22ClN3O4/c32-19-12-14-20(15-13-19)33-29(37)27-26(28(36)24-10-5-17-39-24)31(21-7-2-3-8-22(21)34-30(31)38)25-16-11-18-6-1-4-9-23(18)35(25)27/h1-17,25-27H,(H,33,37)(H,34,38)/t25?,26-,27+,31+/m1/s1. The van der Waals surface area contributed by atoms with Crippen molar-refractivity contribution in [3.63, 3.8) is 0 Å². The number of rotatable bonds is 4. The van der Waals surface area contributed by atoms with E-state index in [4.69, 9.17) is 16.0 Å². The van der Waals surface area contributed by atoms with Crippen molar-refractivity contribution < 1.29 is 18.8 Å². The summed E-state index contributed by atoms with van der Waals surface area (Å²) in [5.74, 6) is -2.15. The second kappa shape index (κ2) is 8.71. The summed E-state index contributed by atoms with van der Waals surface area (Å²) in [5, 5.41) is 6.51. The Hall–Kier alpha value is -4.62. The summed E-state index contributed by atoms with van der Waals surface area (Å²) in [7, 11) is 0. The van der Waals surface area contributed by atoms with E-state index in [1.54, 1.807) is 36.4 Å². The lowest BCUT2D eigenvalue weighted by molar-refractivity contribution is -0.122. The van der Waals surface area contributed by atoms with Crippen LogP contribution in [0.3, 0.4) is 0 Å². The van der Waals surface area contributed by atoms with E-state index in [0.717, 1.165) is 11.3 Å². The van der Waals surface area contributed by atoms with Gasteiger partial charge in [-0.2, -0.15) is 0 Å². The van der Waals surface area contributed by atoms with Crippen LogP contribution in [-0.2, 0) is 15.0 Å². The highest BCUT2D eigenvalue weighted by atomic mass is 35.5. The Balaban J connectivity index is 1.48. The monoisotopic (exact) mass is 535 g/mol. The summed E-state index contributed by atoms with van der Waals surface area (Å²) >= 11 is 6.06. The summed E-state index contributed by atoms with van der Waals surface area (Å²) in [6.07, 6.45) is 5.31. The molecule has 0 radical (unpaired) electrons. The number of fused-ring (bicyclic) bond motifs is 6. The maximum atomic E-state index is 14.4. The van der Waals surface area contributed by atoms with Gasteiger partial charge in [-0.1, -0.05) is 60.2 Å². The van der Waals surface area contributed by atoms with Gasteiger partial charge in [-0.15, -0.1) is 0 Å². The molecule has 1 fully saturated rings. The first-order valence-electron chi connectivity index (χ1n) is 12.6. The first-order valence-corrected chi connectivity index (χ1v) is 13.0. The van der Waals surface area contributed by atoms with Crippen molar-refractivity contribution in [3.8, 4) is 0 Å². The first-order chi connectivity index (χ1) is 19.0. The summed E-state index contributed by atoms with van der Waals surface area (Å²) in [6, 6.07) is 23.4. The van der Waals surface area contributed by atoms with E-state index in [1.807, 2.05) is 65.6 Å². The van der Waals surface area contributed by atoms with E-state index in [1.165, 1.54) is 6.26 Å². The van der Waals surface area contributed by atoms with Gasteiger partial charge in [0.05, 0.1) is 18.2 Å². The van der Waals surface area contributed by atoms with Gasteiger partial charge >= 0.3 is 0 Å². The molecule has 2 N–H and O–H groups in total. The molecule has 0 aliphatic carbocycles. The van der Waals surface area contributed by atoms with Gasteiger partial charge in [0.2, 0.25) is 17.6 Å². The normalized spacial score (nSPS) is 24.2. The largest absolute Gasteiger partial charge is 0.461 e. The van der Waals surface area contributed by atoms with Crippen LogP contribution in [0.1, 0.15) is 21.7 Å². The minimum absolute atomic E-state index is 0.0953. The van der Waals surface area contributed by atoms with Gasteiger partial charge < -0.3 is 20.0 Å². The lowest BCUT2D eigenvalue weighted by Crippen LogP contribution is -2.51. The van der Waals surface area contributed by atoms with Crippen LogP contribution in [-0.4, -0.2) is 29.7 Å². The molecular formula is C31H22ClN3O4. The van der Waals surface area contributed by atoms with Crippen LogP contribution in [0.4, 0.5) is 17.1 Å². The average molecular weight is 536 g/mol. The second-order valence-corrected chi connectivity index (χ2v) is 10.3. The molecule has 4 atom stereocenters. The van der Waals surface area contributed by atoms with Crippen LogP contribution in [0.2, 0.25) is 5.02 Å². The third kappa shape index (κ3) is 3.33. The van der Waals surface area contributed by atoms with Crippen molar-refractivity contribution in [2.45, 2.75) is 17.5 Å². The van der Waals surface area contributed by atoms with Crippen molar-refractivity contribution in [1.29, 1.82) is 0 Å². The van der Waals surface area contributed by atoms with Crippen LogP contribution in [0, 0.1) is 5.92 Å². The highest BCUT2D eigenvalue weighted by Gasteiger charge is 2.70. The van der Waals surface area contributed by atoms with Crippen molar-refractivity contribution in [2.24, 2.45) is 5.92 Å². The Kier molecular flexibility index (Phi) is 5.25. The zero-order chi connectivity index (χ0) is 26.7. The summed E-state index contributed by atoms with van der Waals surface area (Å²) in [6.45, 7) is 0. The molecule has 4 aromatic rings. The molecule has 0 saturated carbocycles. The van der Waals surface area contributed by atoms with E-state index in [9.17, 15) is 14.4 Å². The van der Waals surface area contributed by atoms with Gasteiger partial charge in [-0.3, -0.25) is 14.4 Å². The molecule has 3 aromatic carbocycles. The Morgan fingerprint density at radius 2 is 1.72 bits per heavy atom. The number of amides is 2. The van der Waals surface area contributed by atoms with E-state index in [-0.39, 0.29) is 11.7 Å². The predicted molar refractivity (Wildman–Crippen MR) is 149 cm³/mol. The van der Waals surface area contributed by atoms with Crippen molar-refractivity contribution in [2.75, 3.05) is 15.5 Å². The summed E-state index contributed by atoms with van der Waals surface area (Å²) < 4.78 is 5.55. The average Bonchev–Trinajstić information content (AvgIpc) is 3.67. The van der Waals surface area contributed by atoms with E-state index in [2.05, 4.69) is 10.6 Å². The number of halogens is 1. The molecule has 1 aromatic heterocycles. The number of hydrogen-bond acceptors (Lipinski definition) is 5. The van der Waals surface area contributed by atoms with Crippen molar-refractivity contribution in [3.05, 3.63) is 119 Å². The minimum atomic E-state index is -1.38. The SMILES string of the molecule is O=C(Nc1ccc(Cl)cc1)[C@@H]1[C@H](C(=O)c2ccco2)[C@@]2(C(=O)Nc3ccccc32)C2C=Cc3ccccc3N21. The van der Waals surface area contributed by atoms with Crippen molar-refractivity contribution >= 4 is 52.3 Å². The van der Waals surface area contributed by atoms with E-state index >= 15 is 0 Å². The topological polar surface area (TPSA) is 91.6 Å². The Bertz CT molecular complexity index is 1660. The molecule has 1 saturated heterocycles. The van der Waals surface area contributed by atoms with Gasteiger partial charge in [0.1, 0.15) is 11.5 Å². The molecule has 4 heterocycles. The predicted octanol–water partition coefficient (Wildman–Crippen LogP) is 5.54. The zero-order valence-corrected chi connectivity index (χ0v) is 21.3. The van der Waals surface area contributed by atoms with Crippen molar-refractivity contribution in [1.82, 2.24) is 0 Å². The fraction of sp³-hybridized carbons (Fsp3) is 0.129. The molecule has 1 unspecified atom stereocenters. The van der Waals surface area contributed by atoms with Gasteiger partial charge in [-0.25, -0.2) is 0 Å². The third-order valence-electron chi connectivity index (χ3n) is 7.97. The summed E-state index contributed by atoms with van der Waals surface area (Å²) in [4.78, 5) is 44.7. The Labute approximate surface area is 229 Å². The Morgan fingerprint density at radius 1 is 0.949 bits per heavy atom. The molecule has 2 amide bonds. The third-order valence-corrected chi connectivity index (χ3v) is 8.22. The van der Waals surface area contributed by atoms with Gasteiger partial charge in [0.15, 0.2) is 5.76 Å². The molecule has 192 valence electrons. The Morgan fingerprint density at radius 3 is 2.51 bits per heavy atom. The lowest BCUT2D eigenvalue weighted by Gasteiger charge is -2.37. The van der Waals surface area contributed by atoms with Crippen LogP contribution in [0.15, 0.2) is 102 Å². The molecule has 8 heteroatoms. The number of ketones is 1. The number of nitrogens with one attached hydrogen (secondary N) is 2. The van der Waals surface area contributed by atoms with Crippen LogP contribution in [0.25, 0.3) is 6.08 Å². The van der Waals surface area contributed by atoms with E-state index in [0.29, 0.717) is 22.0 Å². The molecule has 3 aliphatic heterocycles. The van der Waals surface area contributed by atoms with Crippen LogP contribution in [0.5, 0.6) is 0 Å². The van der Waals surface area contributed by atoms with Gasteiger partial charge in [-0.05, 0) is 59.7 Å². The molecule has 1 spiro atoms. The van der Waals surface area contributed by atoms with Gasteiger partial charge in [0.25, 0.3) is 0 Å². The number of hydrogen-bond donors (Lipinski definition) is 2. The summed E-state index contributed by atoms with van der Waals surface area (Å²) in [5.41, 5.74) is 2.13. The van der Waals surface area contributed by atoms with E-state index < -0.39 is 35.1 Å². The quantitative estimate of drug-likeness (QED) is 0.335. The van der Waals surface area contributed by atoms with Gasteiger partial charge in [0, 0.05) is 22.1 Å². The smallest absolute Gasteiger partial charge is 0.247 e. The highest BCUT2D eigenvalue weighted by Crippen LogP contribution is 2.57. The first kappa shape index (κ1) is 23.5. The number of benzene rings is 3. The zero-order valence-electron chi connectivity index (χ0n) is 20.5. The molecule has 7 rings (SSSR count). The highest BCUT2D eigenvalue weighted by molar-refractivity contribution is 6.30. The van der Waals surface area contributed by atoms with Crippen LogP contribution >= 0.6 is 11.6 Å². The maximum absolute atomic E-state index is 14.4. The lowest BCUT2D eigenvalue weighted by atomic mass is 9.65. The van der Waals surface area contributed by atoms with Crippen LogP contribution < -0.4 is 15.5 Å². The number of furan rings is 1. The molecular weight excluding hydrogens is 514 g/mol. The number of carbonyl (C=O) groups excluding carboxylic acids is 3. The number of anilines is 3. The molecule has 3 aliphatic rings. The fourth-order valence-corrected chi connectivity index (χ4v) is 6.57. The fourth-order valence-electron chi connectivity index (χ4n) is 6.44. The number of Topliss-reactive ketones (excluding diaryl/α,β-unsaturated/α-hetero) is 1. The minimum Gasteiger partial charge on any atom is -0.461 e. The molecule has 7 nitrogen and oxygen atoms in total.